The molecule has 0 unspecified atom stereocenters. The van der Waals surface area contributed by atoms with E-state index in [1.165, 1.54) is 6.08 Å². The second-order valence-corrected chi connectivity index (χ2v) is 5.54. The third kappa shape index (κ3) is 3.72. The minimum atomic E-state index is -0.198. The van der Waals surface area contributed by atoms with E-state index in [1.807, 2.05) is 24.4 Å². The highest BCUT2D eigenvalue weighted by Crippen LogP contribution is 2.10. The van der Waals surface area contributed by atoms with Gasteiger partial charge >= 0.3 is 0 Å². The van der Waals surface area contributed by atoms with Gasteiger partial charge in [0.05, 0.1) is 13.2 Å². The maximum Gasteiger partial charge on any atom is 0.244 e. The van der Waals surface area contributed by atoms with Gasteiger partial charge in [-0.1, -0.05) is 6.07 Å². The molecule has 0 bridgehead atoms. The molecule has 1 amide bonds. The molecule has 3 rings (SSSR count). The Bertz CT molecular complexity index is 826. The lowest BCUT2D eigenvalue weighted by Crippen LogP contribution is -2.22. The number of carbonyl (C=O) groups is 1. The summed E-state index contributed by atoms with van der Waals surface area (Å²) in [6, 6.07) is 7.39. The van der Waals surface area contributed by atoms with Gasteiger partial charge in [0.25, 0.3) is 0 Å². The number of nitrogens with zero attached hydrogens (tertiary/aromatic N) is 4. The molecule has 3 aromatic rings. The molecule has 0 aliphatic heterocycles. The minimum Gasteiger partial charge on any atom is -0.477 e. The van der Waals surface area contributed by atoms with Crippen molar-refractivity contribution in [3.8, 4) is 5.88 Å². The number of hydrogen-bond acceptors (Lipinski definition) is 6. The first-order valence-corrected chi connectivity index (χ1v) is 7.98. The number of hydrogen-bond donors (Lipinski definition) is 1. The quantitative estimate of drug-likeness (QED) is 0.699. The minimum absolute atomic E-state index is 0.198. The fraction of sp³-hybridized carbons (Fsp3) is 0.200. The van der Waals surface area contributed by atoms with Crippen molar-refractivity contribution in [2.75, 3.05) is 6.61 Å². The van der Waals surface area contributed by atoms with E-state index in [-0.39, 0.29) is 12.5 Å². The zero-order chi connectivity index (χ0) is 16.1. The van der Waals surface area contributed by atoms with Crippen LogP contribution in [0.4, 0.5) is 0 Å². The molecular formula is C15H15N5O2S. The number of nitrogens with one attached hydrogen (secondary N) is 1. The molecule has 1 N–H and O–H groups in total. The van der Waals surface area contributed by atoms with Gasteiger partial charge in [-0.3, -0.25) is 4.79 Å². The summed E-state index contributed by atoms with van der Waals surface area (Å²) in [5, 5.41) is 17.1. The van der Waals surface area contributed by atoms with Crippen molar-refractivity contribution in [3.63, 3.8) is 0 Å². The zero-order valence-electron chi connectivity index (χ0n) is 12.5. The predicted molar refractivity (Wildman–Crippen MR) is 87.2 cm³/mol. The molecule has 0 saturated carbocycles. The third-order valence-electron chi connectivity index (χ3n) is 2.96. The first kappa shape index (κ1) is 15.2. The Kier molecular flexibility index (Phi) is 4.62. The van der Waals surface area contributed by atoms with E-state index in [0.29, 0.717) is 24.0 Å². The van der Waals surface area contributed by atoms with E-state index in [9.17, 15) is 4.79 Å². The lowest BCUT2D eigenvalue weighted by atomic mass is 10.4. The van der Waals surface area contributed by atoms with Crippen LogP contribution in [0.15, 0.2) is 35.7 Å². The van der Waals surface area contributed by atoms with Gasteiger partial charge in [-0.15, -0.1) is 26.6 Å². The van der Waals surface area contributed by atoms with Crippen molar-refractivity contribution < 1.29 is 9.53 Å². The number of fused-ring (bicyclic) bond motifs is 1. The van der Waals surface area contributed by atoms with Gasteiger partial charge in [0, 0.05) is 17.0 Å². The van der Waals surface area contributed by atoms with Crippen LogP contribution in [0.2, 0.25) is 0 Å². The lowest BCUT2D eigenvalue weighted by molar-refractivity contribution is -0.116. The van der Waals surface area contributed by atoms with Gasteiger partial charge < -0.3 is 10.1 Å². The highest BCUT2D eigenvalue weighted by molar-refractivity contribution is 7.10. The Morgan fingerprint density at radius 2 is 2.30 bits per heavy atom. The summed E-state index contributed by atoms with van der Waals surface area (Å²) in [4.78, 5) is 12.9. The molecule has 0 saturated heterocycles. The molecule has 3 heterocycles. The average molecular weight is 329 g/mol. The predicted octanol–water partition coefficient (Wildman–Crippen LogP) is 1.91. The van der Waals surface area contributed by atoms with E-state index in [4.69, 9.17) is 4.74 Å². The monoisotopic (exact) mass is 329 g/mol. The van der Waals surface area contributed by atoms with Crippen molar-refractivity contribution in [1.82, 2.24) is 25.1 Å². The van der Waals surface area contributed by atoms with E-state index >= 15 is 0 Å². The summed E-state index contributed by atoms with van der Waals surface area (Å²) in [7, 11) is 0. The number of amides is 1. The van der Waals surface area contributed by atoms with E-state index < -0.39 is 0 Å². The number of thiophene rings is 1. The first-order valence-electron chi connectivity index (χ1n) is 7.10. The van der Waals surface area contributed by atoms with Gasteiger partial charge in [0.1, 0.15) is 0 Å². The number of carbonyl (C=O) groups excluding carboxylic acids is 1. The fourth-order valence-corrected chi connectivity index (χ4v) is 2.54. The van der Waals surface area contributed by atoms with Crippen LogP contribution in [-0.4, -0.2) is 32.3 Å². The summed E-state index contributed by atoms with van der Waals surface area (Å²) < 4.78 is 6.92. The number of aromatic nitrogens is 4. The molecule has 3 aromatic heterocycles. The Hall–Kier alpha value is -2.74. The lowest BCUT2D eigenvalue weighted by Gasteiger charge is -2.03. The second-order valence-electron chi connectivity index (χ2n) is 4.56. The second kappa shape index (κ2) is 7.01. The van der Waals surface area contributed by atoms with E-state index in [2.05, 4.69) is 20.6 Å². The summed E-state index contributed by atoms with van der Waals surface area (Å²) in [6.45, 7) is 2.65. The maximum atomic E-state index is 11.8. The van der Waals surface area contributed by atoms with Crippen molar-refractivity contribution in [2.24, 2.45) is 0 Å². The van der Waals surface area contributed by atoms with Crippen LogP contribution in [0, 0.1) is 0 Å². The van der Waals surface area contributed by atoms with Crippen LogP contribution in [0.5, 0.6) is 5.88 Å². The highest BCUT2D eigenvalue weighted by atomic mass is 32.1. The van der Waals surface area contributed by atoms with Gasteiger partial charge in [-0.2, -0.15) is 4.52 Å². The molecule has 0 aliphatic carbocycles. The van der Waals surface area contributed by atoms with Crippen LogP contribution in [0.1, 0.15) is 17.6 Å². The first-order chi connectivity index (χ1) is 11.3. The van der Waals surface area contributed by atoms with Crippen LogP contribution in [0.25, 0.3) is 11.7 Å². The van der Waals surface area contributed by atoms with Crippen LogP contribution in [0.3, 0.4) is 0 Å². The molecule has 8 heteroatoms. The maximum absolute atomic E-state index is 11.8. The standard InChI is InChI=1S/C15H15N5O2S/c1-2-22-15-8-6-12-17-18-13(20(12)19-15)10-16-14(21)7-5-11-4-3-9-23-11/h3-9H,2,10H2,1H3,(H,16,21)/b7-5-. The Morgan fingerprint density at radius 3 is 3.09 bits per heavy atom. The highest BCUT2D eigenvalue weighted by Gasteiger charge is 2.08. The van der Waals surface area contributed by atoms with Crippen molar-refractivity contribution in [2.45, 2.75) is 13.5 Å². The molecule has 23 heavy (non-hydrogen) atoms. The van der Waals surface area contributed by atoms with Crippen molar-refractivity contribution >= 4 is 29.0 Å². The summed E-state index contributed by atoms with van der Waals surface area (Å²) >= 11 is 1.57. The summed E-state index contributed by atoms with van der Waals surface area (Å²) in [6.07, 6.45) is 3.27. The molecular weight excluding hydrogens is 314 g/mol. The molecule has 0 aliphatic rings. The van der Waals surface area contributed by atoms with Gasteiger partial charge in [0.2, 0.25) is 11.8 Å². The van der Waals surface area contributed by atoms with Crippen molar-refractivity contribution in [1.29, 1.82) is 0 Å². The van der Waals surface area contributed by atoms with Gasteiger partial charge in [0.15, 0.2) is 11.5 Å². The summed E-state index contributed by atoms with van der Waals surface area (Å²) in [5.41, 5.74) is 0.604. The molecule has 0 spiro atoms. The number of ether oxygens (including phenoxy) is 1. The van der Waals surface area contributed by atoms with E-state index in [0.717, 1.165) is 4.88 Å². The van der Waals surface area contributed by atoms with Crippen LogP contribution < -0.4 is 10.1 Å². The Labute approximate surface area is 136 Å². The van der Waals surface area contributed by atoms with Gasteiger partial charge in [-0.25, -0.2) is 0 Å². The molecule has 0 atom stereocenters. The molecule has 0 aromatic carbocycles. The topological polar surface area (TPSA) is 81.4 Å². The molecule has 7 nitrogen and oxygen atoms in total. The smallest absolute Gasteiger partial charge is 0.244 e. The van der Waals surface area contributed by atoms with Gasteiger partial charge in [-0.05, 0) is 30.5 Å². The van der Waals surface area contributed by atoms with Crippen LogP contribution in [-0.2, 0) is 11.3 Å². The fourth-order valence-electron chi connectivity index (χ4n) is 1.92. The average Bonchev–Trinajstić information content (AvgIpc) is 3.21. The normalized spacial score (nSPS) is 11.2. The van der Waals surface area contributed by atoms with Crippen LogP contribution >= 0.6 is 11.3 Å². The Morgan fingerprint density at radius 1 is 1.39 bits per heavy atom. The third-order valence-corrected chi connectivity index (χ3v) is 3.80. The largest absolute Gasteiger partial charge is 0.477 e. The van der Waals surface area contributed by atoms with Crippen molar-refractivity contribution in [3.05, 3.63) is 46.4 Å². The molecule has 0 fully saturated rings. The molecule has 0 radical (unpaired) electrons. The Balaban J connectivity index is 1.66. The SMILES string of the molecule is CCOc1ccc2nnc(CNC(=O)/C=C\c3cccs3)n2n1. The summed E-state index contributed by atoms with van der Waals surface area (Å²) in [5.74, 6) is 0.834. The van der Waals surface area contributed by atoms with E-state index in [1.54, 1.807) is 34.1 Å². The molecule has 118 valence electrons. The zero-order valence-corrected chi connectivity index (χ0v) is 13.3. The number of rotatable bonds is 6.